The predicted octanol–water partition coefficient (Wildman–Crippen LogP) is 2.54. The molecule has 3 unspecified atom stereocenters. The lowest BCUT2D eigenvalue weighted by molar-refractivity contribution is -0.184. The Balaban J connectivity index is 1.28. The fourth-order valence-corrected chi connectivity index (χ4v) is 5.50. The van der Waals surface area contributed by atoms with Crippen LogP contribution in [0.25, 0.3) is 16.8 Å². The largest absolute Gasteiger partial charge is 0.453 e. The van der Waals surface area contributed by atoms with E-state index in [0.29, 0.717) is 30.2 Å². The summed E-state index contributed by atoms with van der Waals surface area (Å²) in [6.07, 6.45) is 4.36. The lowest BCUT2D eigenvalue weighted by Crippen LogP contribution is -2.62. The first-order valence-electron chi connectivity index (χ1n) is 13.4. The third-order valence-corrected chi connectivity index (χ3v) is 7.77. The van der Waals surface area contributed by atoms with Gasteiger partial charge in [-0.1, -0.05) is 6.92 Å². The number of halogens is 2. The number of aliphatic hydroxyl groups is 1. The number of imidazole rings is 1. The highest BCUT2D eigenvalue weighted by molar-refractivity contribution is 5.74. The minimum Gasteiger partial charge on any atom is -0.453 e. The lowest BCUT2D eigenvalue weighted by Gasteiger charge is -2.42. The maximum Gasteiger partial charge on any atom is 0.407 e. The normalized spacial score (nSPS) is 21.6. The molecule has 3 aromatic heterocycles. The fourth-order valence-electron chi connectivity index (χ4n) is 5.50. The zero-order valence-corrected chi connectivity index (χ0v) is 22.9. The Kier molecular flexibility index (Phi) is 7.12. The van der Waals surface area contributed by atoms with Gasteiger partial charge in [0.05, 0.1) is 66.9 Å². The number of hydrogen-bond acceptors (Lipinski definition) is 10. The summed E-state index contributed by atoms with van der Waals surface area (Å²) >= 11 is 0. The standard InChI is InChI=1S/C28H30F2N8O4/c1-15-11-37(12-20(31)25(15)35-27(39)41-2)23-5-6-32-10-22(23)34-26-33-9-17-3-4-21(36-38(17)26)24-18(29)7-16(8-19(24)30)28(40)13-42-14-28/h3-10,15,20,25,40H,11-14,31H2,1-2H3,(H,33,34)(H,35,39). The summed E-state index contributed by atoms with van der Waals surface area (Å²) in [6.45, 7) is 3.01. The molecule has 220 valence electrons. The van der Waals surface area contributed by atoms with Crippen LogP contribution in [-0.4, -0.2) is 76.3 Å². The summed E-state index contributed by atoms with van der Waals surface area (Å²) in [5.74, 6) is -1.38. The number of aromatic nitrogens is 4. The maximum atomic E-state index is 15.2. The molecule has 0 bridgehead atoms. The number of benzene rings is 1. The number of nitrogens with one attached hydrogen (secondary N) is 2. The van der Waals surface area contributed by atoms with Crippen molar-refractivity contribution in [3.8, 4) is 11.3 Å². The van der Waals surface area contributed by atoms with Crippen molar-refractivity contribution < 1.29 is 28.2 Å². The number of carbonyl (C=O) groups is 1. The van der Waals surface area contributed by atoms with Gasteiger partial charge in [0.25, 0.3) is 0 Å². The Morgan fingerprint density at radius 1 is 1.19 bits per heavy atom. The average Bonchev–Trinajstić information content (AvgIpc) is 3.35. The maximum absolute atomic E-state index is 15.2. The topological polar surface area (TPSA) is 152 Å². The summed E-state index contributed by atoms with van der Waals surface area (Å²) in [5, 5.41) is 21.0. The number of amides is 1. The quantitative estimate of drug-likeness (QED) is 0.268. The SMILES string of the molecule is COC(=O)NC1C(C)CN(c2ccncc2Nc2ncc3ccc(-c4c(F)cc(C5(O)COC5)cc4F)nn23)CC1N. The summed E-state index contributed by atoms with van der Waals surface area (Å²) in [4.78, 5) is 22.6. The summed E-state index contributed by atoms with van der Waals surface area (Å²) in [7, 11) is 1.31. The number of methoxy groups -OCH3 is 1. The molecule has 4 aromatic rings. The molecule has 2 saturated heterocycles. The molecule has 6 rings (SSSR count). The number of anilines is 3. The van der Waals surface area contributed by atoms with Crippen LogP contribution in [0.1, 0.15) is 12.5 Å². The van der Waals surface area contributed by atoms with Gasteiger partial charge in [0.1, 0.15) is 17.2 Å². The molecule has 5 heterocycles. The highest BCUT2D eigenvalue weighted by Gasteiger charge is 2.39. The Hall–Kier alpha value is -4.40. The number of ether oxygens (including phenoxy) is 2. The number of carbonyl (C=O) groups excluding carboxylic acids is 1. The van der Waals surface area contributed by atoms with E-state index in [2.05, 4.69) is 30.6 Å². The zero-order valence-electron chi connectivity index (χ0n) is 22.9. The fraction of sp³-hybridized carbons (Fsp3) is 0.357. The molecule has 0 aliphatic carbocycles. The molecule has 0 radical (unpaired) electrons. The molecule has 5 N–H and O–H groups in total. The van der Waals surface area contributed by atoms with Crippen LogP contribution in [0.15, 0.2) is 48.9 Å². The van der Waals surface area contributed by atoms with E-state index in [9.17, 15) is 9.90 Å². The number of nitrogens with two attached hydrogens (primary N) is 1. The first kappa shape index (κ1) is 27.8. The highest BCUT2D eigenvalue weighted by Crippen LogP contribution is 2.35. The van der Waals surface area contributed by atoms with Gasteiger partial charge < -0.3 is 35.8 Å². The van der Waals surface area contributed by atoms with Crippen LogP contribution in [0, 0.1) is 17.6 Å². The summed E-state index contributed by atoms with van der Waals surface area (Å²) < 4.78 is 41.6. The smallest absolute Gasteiger partial charge is 0.407 e. The van der Waals surface area contributed by atoms with Gasteiger partial charge in [-0.2, -0.15) is 9.61 Å². The lowest BCUT2D eigenvalue weighted by atomic mass is 9.90. The van der Waals surface area contributed by atoms with Gasteiger partial charge in [0.2, 0.25) is 5.95 Å². The molecule has 12 nitrogen and oxygen atoms in total. The van der Waals surface area contributed by atoms with Gasteiger partial charge in [0.15, 0.2) is 0 Å². The number of hydrogen-bond donors (Lipinski definition) is 4. The van der Waals surface area contributed by atoms with Gasteiger partial charge in [-0.3, -0.25) is 4.98 Å². The van der Waals surface area contributed by atoms with Crippen molar-refractivity contribution >= 4 is 28.9 Å². The minimum absolute atomic E-state index is 0.0130. The van der Waals surface area contributed by atoms with E-state index in [1.165, 1.54) is 17.7 Å². The number of piperidine rings is 1. The number of fused-ring (bicyclic) bond motifs is 1. The zero-order chi connectivity index (χ0) is 29.6. The molecule has 1 amide bonds. The van der Waals surface area contributed by atoms with E-state index < -0.39 is 23.3 Å². The van der Waals surface area contributed by atoms with Crippen molar-refractivity contribution in [3.05, 3.63) is 66.1 Å². The van der Waals surface area contributed by atoms with E-state index in [1.807, 2.05) is 13.0 Å². The number of alkyl carbamates (subject to hydrolysis) is 1. The Morgan fingerprint density at radius 2 is 1.95 bits per heavy atom. The molecular formula is C28H30F2N8O4. The Bertz CT molecular complexity index is 1610. The Morgan fingerprint density at radius 3 is 2.62 bits per heavy atom. The second-order valence-corrected chi connectivity index (χ2v) is 10.7. The van der Waals surface area contributed by atoms with E-state index in [0.717, 1.165) is 17.8 Å². The van der Waals surface area contributed by atoms with Gasteiger partial charge in [-0.15, -0.1) is 0 Å². The molecule has 1 aromatic carbocycles. The molecule has 3 atom stereocenters. The number of rotatable bonds is 6. The second-order valence-electron chi connectivity index (χ2n) is 10.7. The van der Waals surface area contributed by atoms with Gasteiger partial charge >= 0.3 is 6.09 Å². The molecular weight excluding hydrogens is 550 g/mol. The predicted molar refractivity (Wildman–Crippen MR) is 149 cm³/mol. The van der Waals surface area contributed by atoms with E-state index in [-0.39, 0.29) is 48.0 Å². The second kappa shape index (κ2) is 10.8. The van der Waals surface area contributed by atoms with Crippen molar-refractivity contribution in [1.82, 2.24) is 24.9 Å². The third-order valence-electron chi connectivity index (χ3n) is 7.77. The van der Waals surface area contributed by atoms with Gasteiger partial charge in [-0.05, 0) is 41.8 Å². The summed E-state index contributed by atoms with van der Waals surface area (Å²) in [6, 6.07) is 6.61. The Labute approximate surface area is 239 Å². The van der Waals surface area contributed by atoms with Gasteiger partial charge in [-0.25, -0.2) is 18.6 Å². The molecule has 2 fully saturated rings. The molecule has 2 aliphatic heterocycles. The molecule has 14 heteroatoms. The van der Waals surface area contributed by atoms with Crippen LogP contribution in [0.5, 0.6) is 0 Å². The monoisotopic (exact) mass is 580 g/mol. The van der Waals surface area contributed by atoms with Crippen molar-refractivity contribution in [2.75, 3.05) is 43.6 Å². The van der Waals surface area contributed by atoms with E-state index >= 15 is 8.78 Å². The minimum atomic E-state index is -1.41. The summed E-state index contributed by atoms with van der Waals surface area (Å²) in [5.41, 5.74) is 6.90. The van der Waals surface area contributed by atoms with Crippen molar-refractivity contribution in [2.24, 2.45) is 11.7 Å². The first-order chi connectivity index (χ1) is 20.2. The first-order valence-corrected chi connectivity index (χ1v) is 13.4. The highest BCUT2D eigenvalue weighted by atomic mass is 19.1. The van der Waals surface area contributed by atoms with E-state index in [4.69, 9.17) is 15.2 Å². The van der Waals surface area contributed by atoms with Crippen LogP contribution in [-0.2, 0) is 15.1 Å². The average molecular weight is 581 g/mol. The van der Waals surface area contributed by atoms with Crippen molar-refractivity contribution in [1.29, 1.82) is 0 Å². The van der Waals surface area contributed by atoms with Crippen LogP contribution in [0.2, 0.25) is 0 Å². The number of nitrogens with zero attached hydrogens (tertiary/aromatic N) is 5. The van der Waals surface area contributed by atoms with Crippen molar-refractivity contribution in [2.45, 2.75) is 24.6 Å². The van der Waals surface area contributed by atoms with E-state index in [1.54, 1.807) is 24.7 Å². The van der Waals surface area contributed by atoms with Crippen LogP contribution < -0.4 is 21.3 Å². The number of pyridine rings is 1. The van der Waals surface area contributed by atoms with Crippen molar-refractivity contribution in [3.63, 3.8) is 0 Å². The molecule has 42 heavy (non-hydrogen) atoms. The van der Waals surface area contributed by atoms with Gasteiger partial charge in [0, 0.05) is 25.3 Å². The van der Waals surface area contributed by atoms with Crippen LogP contribution in [0.3, 0.4) is 0 Å². The molecule has 2 aliphatic rings. The molecule has 0 spiro atoms. The van der Waals surface area contributed by atoms with Crippen LogP contribution >= 0.6 is 0 Å². The molecule has 0 saturated carbocycles. The van der Waals surface area contributed by atoms with Crippen LogP contribution in [0.4, 0.5) is 30.9 Å². The third kappa shape index (κ3) is 4.97.